The molecule has 0 bridgehead atoms. The first-order valence-corrected chi connectivity index (χ1v) is 7.53. The molecule has 3 rings (SSSR count). The maximum atomic E-state index is 12.3. The molecule has 0 saturated carbocycles. The van der Waals surface area contributed by atoms with Crippen LogP contribution < -0.4 is 0 Å². The van der Waals surface area contributed by atoms with Crippen molar-refractivity contribution in [3.8, 4) is 11.5 Å². The quantitative estimate of drug-likeness (QED) is 0.558. The number of benzene rings is 2. The molecule has 0 radical (unpaired) electrons. The van der Waals surface area contributed by atoms with E-state index in [1.165, 1.54) is 23.9 Å². The van der Waals surface area contributed by atoms with E-state index >= 15 is 0 Å². The first-order chi connectivity index (χ1) is 9.58. The van der Waals surface area contributed by atoms with Crippen molar-refractivity contribution in [1.29, 1.82) is 0 Å². The average molecular weight is 304 g/mol. The molecule has 1 aliphatic heterocycles. The summed E-state index contributed by atoms with van der Waals surface area (Å²) in [4.78, 5) is 14.0. The largest absolute Gasteiger partial charge is 0.504 e. The lowest BCUT2D eigenvalue weighted by molar-refractivity contribution is 0.0989. The number of rotatable bonds is 1. The van der Waals surface area contributed by atoms with Crippen LogP contribution in [0.3, 0.4) is 0 Å². The molecular weight excluding hydrogens is 292 g/mol. The Labute approximate surface area is 126 Å². The first-order valence-electron chi connectivity index (χ1n) is 6.08. The monoisotopic (exact) mass is 304 g/mol. The zero-order valence-corrected chi connectivity index (χ0v) is 12.2. The van der Waals surface area contributed by atoms with Gasteiger partial charge in [-0.05, 0) is 29.3 Å². The predicted octanol–water partition coefficient (Wildman–Crippen LogP) is 3.42. The minimum absolute atomic E-state index is 0.0575. The lowest BCUT2D eigenvalue weighted by atomic mass is 10.0. The second-order valence-electron chi connectivity index (χ2n) is 4.64. The number of phenols is 2. The molecule has 0 spiro atoms. The third-order valence-corrected chi connectivity index (χ3v) is 4.80. The van der Waals surface area contributed by atoms with Crippen molar-refractivity contribution in [2.45, 2.75) is 22.0 Å². The van der Waals surface area contributed by atoms with Crippen LogP contribution in [0.5, 0.6) is 11.5 Å². The second kappa shape index (κ2) is 5.07. The highest BCUT2D eigenvalue weighted by Crippen LogP contribution is 2.41. The van der Waals surface area contributed by atoms with Crippen molar-refractivity contribution in [3.63, 3.8) is 0 Å². The lowest BCUT2D eigenvalue weighted by Gasteiger charge is -2.07. The summed E-state index contributed by atoms with van der Waals surface area (Å²) < 4.78 is 0. The van der Waals surface area contributed by atoms with E-state index in [4.69, 9.17) is 0 Å². The van der Waals surface area contributed by atoms with E-state index in [9.17, 15) is 15.0 Å². The zero-order valence-electron chi connectivity index (χ0n) is 10.5. The molecule has 0 saturated heterocycles. The molecule has 5 heteroatoms. The number of carbonyl (C=O) groups is 1. The fourth-order valence-corrected chi connectivity index (χ4v) is 3.50. The van der Waals surface area contributed by atoms with Gasteiger partial charge in [-0.1, -0.05) is 23.9 Å². The number of fused-ring (bicyclic) bond motifs is 2. The Morgan fingerprint density at radius 1 is 1.10 bits per heavy atom. The van der Waals surface area contributed by atoms with Crippen LogP contribution in [0, 0.1) is 0 Å². The van der Waals surface area contributed by atoms with E-state index < -0.39 is 0 Å². The maximum Gasteiger partial charge on any atom is 0.168 e. The van der Waals surface area contributed by atoms with Crippen LogP contribution in [0.25, 0.3) is 0 Å². The van der Waals surface area contributed by atoms with Crippen LogP contribution in [0.15, 0.2) is 40.1 Å². The summed E-state index contributed by atoms with van der Waals surface area (Å²) in [6.07, 6.45) is 0.293. The summed E-state index contributed by atoms with van der Waals surface area (Å²) in [6, 6.07) is 8.71. The summed E-state index contributed by atoms with van der Waals surface area (Å²) in [5.74, 6) is 0.0951. The normalized spacial score (nSPS) is 13.6. The van der Waals surface area contributed by atoms with Crippen LogP contribution >= 0.6 is 24.4 Å². The van der Waals surface area contributed by atoms with E-state index in [1.807, 2.05) is 18.2 Å². The minimum Gasteiger partial charge on any atom is -0.504 e. The summed E-state index contributed by atoms with van der Waals surface area (Å²) in [7, 11) is 0. The maximum absolute atomic E-state index is 12.3. The summed E-state index contributed by atoms with van der Waals surface area (Å²) in [5, 5.41) is 19.2. The number of Topliss-reactive ketones (excluding diaryl/α,β-unsaturated/α-hetero) is 1. The van der Waals surface area contributed by atoms with Crippen LogP contribution in [0.2, 0.25) is 0 Å². The first kappa shape index (κ1) is 13.4. The van der Waals surface area contributed by atoms with Gasteiger partial charge in [0.15, 0.2) is 17.3 Å². The third kappa shape index (κ3) is 2.27. The van der Waals surface area contributed by atoms with Gasteiger partial charge in [-0.25, -0.2) is 0 Å². The Kier molecular flexibility index (Phi) is 3.40. The summed E-state index contributed by atoms with van der Waals surface area (Å²) in [6.45, 7) is 0. The fraction of sp³-hybridized carbons (Fsp3) is 0.133. The van der Waals surface area contributed by atoms with Crippen molar-refractivity contribution in [2.24, 2.45) is 0 Å². The van der Waals surface area contributed by atoms with Gasteiger partial charge in [0.2, 0.25) is 0 Å². The molecule has 0 unspecified atom stereocenters. The molecule has 20 heavy (non-hydrogen) atoms. The van der Waals surface area contributed by atoms with Crippen LogP contribution in [-0.2, 0) is 12.2 Å². The number of phenolic OH excluding ortho intramolecular Hbond substituents is 2. The molecule has 1 aliphatic rings. The zero-order chi connectivity index (χ0) is 14.3. The Hall–Kier alpha value is -1.59. The molecule has 3 nitrogen and oxygen atoms in total. The van der Waals surface area contributed by atoms with Gasteiger partial charge in [0, 0.05) is 27.5 Å². The van der Waals surface area contributed by atoms with Gasteiger partial charge in [0.25, 0.3) is 0 Å². The molecule has 2 aromatic carbocycles. The average Bonchev–Trinajstić information content (AvgIpc) is 2.56. The lowest BCUT2D eigenvalue weighted by Crippen LogP contribution is -2.03. The Bertz CT molecular complexity index is 711. The molecular formula is C15H12O3S2. The standard InChI is InChI=1S/C15H12O3S2/c16-11-4-9-3-8(7-19)1-2-14(9)20-15-6-13(18)12(17)5-10(11)15/h1-3,5-6,17-19H,4,7H2. The molecule has 0 atom stereocenters. The van der Waals surface area contributed by atoms with Crippen molar-refractivity contribution in [2.75, 3.05) is 0 Å². The highest BCUT2D eigenvalue weighted by atomic mass is 32.2. The van der Waals surface area contributed by atoms with Gasteiger partial charge in [-0.2, -0.15) is 12.6 Å². The van der Waals surface area contributed by atoms with Crippen LogP contribution in [0.1, 0.15) is 21.5 Å². The SMILES string of the molecule is O=C1Cc2cc(CS)ccc2Sc2cc(O)c(O)cc21. The van der Waals surface area contributed by atoms with E-state index in [2.05, 4.69) is 12.6 Å². The molecule has 2 aromatic rings. The van der Waals surface area contributed by atoms with Crippen LogP contribution in [0.4, 0.5) is 0 Å². The summed E-state index contributed by atoms with van der Waals surface area (Å²) in [5.41, 5.74) is 2.48. The number of thiol groups is 1. The second-order valence-corrected chi connectivity index (χ2v) is 6.04. The molecule has 0 aromatic heterocycles. The number of aromatic hydroxyl groups is 2. The Morgan fingerprint density at radius 2 is 1.85 bits per heavy atom. The van der Waals surface area contributed by atoms with Crippen molar-refractivity contribution in [3.05, 3.63) is 47.0 Å². The molecule has 0 fully saturated rings. The Morgan fingerprint density at radius 3 is 2.60 bits per heavy atom. The Balaban J connectivity index is 2.13. The number of ketones is 1. The van der Waals surface area contributed by atoms with Gasteiger partial charge in [-0.3, -0.25) is 4.79 Å². The van der Waals surface area contributed by atoms with Gasteiger partial charge in [0.1, 0.15) is 0 Å². The molecule has 1 heterocycles. The van der Waals surface area contributed by atoms with Crippen LogP contribution in [-0.4, -0.2) is 16.0 Å². The number of hydrogen-bond donors (Lipinski definition) is 3. The number of hydrogen-bond acceptors (Lipinski definition) is 5. The van der Waals surface area contributed by atoms with Crippen molar-refractivity contribution in [1.82, 2.24) is 0 Å². The smallest absolute Gasteiger partial charge is 0.168 e. The third-order valence-electron chi connectivity index (χ3n) is 3.26. The van der Waals surface area contributed by atoms with Gasteiger partial charge < -0.3 is 10.2 Å². The van der Waals surface area contributed by atoms with Gasteiger partial charge in [0.05, 0.1) is 0 Å². The minimum atomic E-state index is -0.264. The van der Waals surface area contributed by atoms with Gasteiger partial charge >= 0.3 is 0 Å². The molecule has 0 aliphatic carbocycles. The highest BCUT2D eigenvalue weighted by Gasteiger charge is 2.22. The van der Waals surface area contributed by atoms with E-state index in [-0.39, 0.29) is 17.3 Å². The van der Waals surface area contributed by atoms with Crippen molar-refractivity contribution < 1.29 is 15.0 Å². The van der Waals surface area contributed by atoms with E-state index in [0.29, 0.717) is 22.6 Å². The molecule has 0 amide bonds. The number of carbonyl (C=O) groups excluding carboxylic acids is 1. The molecule has 2 N–H and O–H groups in total. The van der Waals surface area contributed by atoms with E-state index in [1.54, 1.807) is 0 Å². The molecule has 102 valence electrons. The van der Waals surface area contributed by atoms with E-state index in [0.717, 1.165) is 16.0 Å². The van der Waals surface area contributed by atoms with Crippen molar-refractivity contribution >= 4 is 30.2 Å². The highest BCUT2D eigenvalue weighted by molar-refractivity contribution is 7.99. The topological polar surface area (TPSA) is 57.5 Å². The van der Waals surface area contributed by atoms with Gasteiger partial charge in [-0.15, -0.1) is 0 Å². The fourth-order valence-electron chi connectivity index (χ4n) is 2.22. The summed E-state index contributed by atoms with van der Waals surface area (Å²) >= 11 is 5.68. The predicted molar refractivity (Wildman–Crippen MR) is 81.1 cm³/mol.